The number of phenols is 3. The molecule has 1 aliphatic heterocycles. The zero-order chi connectivity index (χ0) is 26.4. The van der Waals surface area contributed by atoms with Gasteiger partial charge in [-0.3, -0.25) is 4.79 Å². The van der Waals surface area contributed by atoms with Gasteiger partial charge in [0.2, 0.25) is 6.29 Å². The number of carbonyl (C=O) groups is 2. The van der Waals surface area contributed by atoms with Crippen molar-refractivity contribution in [3.8, 4) is 23.0 Å². The van der Waals surface area contributed by atoms with Gasteiger partial charge in [-0.2, -0.15) is 0 Å². The SMILES string of the molecule is CC(=O)C=Cc1ccc(OC2OC(COC(=O)C=Cc3ccc(O)c(O)c3)C(O)C(O)C2O)c(O)c1. The number of ketones is 1. The first kappa shape index (κ1) is 26.7. The van der Waals surface area contributed by atoms with Crippen molar-refractivity contribution in [2.45, 2.75) is 37.6 Å². The second-order valence-electron chi connectivity index (χ2n) is 8.02. The number of aliphatic hydroxyl groups excluding tert-OH is 3. The van der Waals surface area contributed by atoms with E-state index in [0.29, 0.717) is 11.1 Å². The predicted molar refractivity (Wildman–Crippen MR) is 125 cm³/mol. The van der Waals surface area contributed by atoms with Gasteiger partial charge in [0.25, 0.3) is 0 Å². The van der Waals surface area contributed by atoms with Crippen LogP contribution in [0.3, 0.4) is 0 Å². The Morgan fingerprint density at radius 3 is 2.14 bits per heavy atom. The molecule has 0 aromatic heterocycles. The van der Waals surface area contributed by atoms with Gasteiger partial charge in [0.05, 0.1) is 0 Å². The summed E-state index contributed by atoms with van der Waals surface area (Å²) < 4.78 is 16.0. The highest BCUT2D eigenvalue weighted by Gasteiger charge is 2.45. The van der Waals surface area contributed by atoms with Crippen molar-refractivity contribution in [1.29, 1.82) is 0 Å². The Morgan fingerprint density at radius 1 is 0.861 bits per heavy atom. The summed E-state index contributed by atoms with van der Waals surface area (Å²) in [7, 11) is 0. The topological polar surface area (TPSA) is 183 Å². The van der Waals surface area contributed by atoms with Crippen LogP contribution in [0.5, 0.6) is 23.0 Å². The largest absolute Gasteiger partial charge is 0.504 e. The van der Waals surface area contributed by atoms with E-state index in [4.69, 9.17) is 14.2 Å². The van der Waals surface area contributed by atoms with Gasteiger partial charge < -0.3 is 44.8 Å². The summed E-state index contributed by atoms with van der Waals surface area (Å²) in [6, 6.07) is 8.14. The number of aliphatic hydroxyl groups is 3. The van der Waals surface area contributed by atoms with Crippen LogP contribution in [0.25, 0.3) is 12.2 Å². The van der Waals surface area contributed by atoms with E-state index >= 15 is 0 Å². The van der Waals surface area contributed by atoms with Crippen LogP contribution in [-0.2, 0) is 19.1 Å². The third kappa shape index (κ3) is 6.83. The lowest BCUT2D eigenvalue weighted by Crippen LogP contribution is -2.60. The molecule has 36 heavy (non-hydrogen) atoms. The predicted octanol–water partition coefficient (Wildman–Crippen LogP) is 0.849. The molecule has 1 saturated heterocycles. The van der Waals surface area contributed by atoms with Crippen LogP contribution < -0.4 is 4.74 Å². The van der Waals surface area contributed by atoms with Gasteiger partial charge in [0.15, 0.2) is 28.8 Å². The molecule has 1 fully saturated rings. The molecule has 5 atom stereocenters. The van der Waals surface area contributed by atoms with Gasteiger partial charge >= 0.3 is 5.97 Å². The molecule has 2 aromatic carbocycles. The Labute approximate surface area is 205 Å². The standard InChI is InChI=1S/C25H26O11/c1-13(26)2-3-14-5-8-19(18(29)11-14)35-25-24(33)23(32)22(31)20(36-25)12-34-21(30)9-6-15-4-7-16(27)17(28)10-15/h2-11,20,22-25,27-29,31-33H,12H2,1H3. The summed E-state index contributed by atoms with van der Waals surface area (Å²) in [6.07, 6.45) is -2.64. The summed E-state index contributed by atoms with van der Waals surface area (Å²) >= 11 is 0. The Balaban J connectivity index is 1.62. The lowest BCUT2D eigenvalue weighted by molar-refractivity contribution is -0.278. The molecule has 2 aromatic rings. The molecular weight excluding hydrogens is 476 g/mol. The highest BCUT2D eigenvalue weighted by atomic mass is 16.7. The van der Waals surface area contributed by atoms with Gasteiger partial charge in [0.1, 0.15) is 31.0 Å². The van der Waals surface area contributed by atoms with Crippen LogP contribution in [0.15, 0.2) is 48.6 Å². The minimum atomic E-state index is -1.71. The van der Waals surface area contributed by atoms with E-state index in [0.717, 1.165) is 6.08 Å². The molecule has 6 N–H and O–H groups in total. The van der Waals surface area contributed by atoms with Gasteiger partial charge in [-0.05, 0) is 54.5 Å². The van der Waals surface area contributed by atoms with Crippen molar-refractivity contribution in [3.63, 3.8) is 0 Å². The van der Waals surface area contributed by atoms with E-state index in [1.165, 1.54) is 61.5 Å². The number of ether oxygens (including phenoxy) is 3. The molecule has 0 bridgehead atoms. The van der Waals surface area contributed by atoms with Crippen molar-refractivity contribution >= 4 is 23.9 Å². The monoisotopic (exact) mass is 502 g/mol. The van der Waals surface area contributed by atoms with E-state index in [2.05, 4.69) is 0 Å². The van der Waals surface area contributed by atoms with E-state index < -0.39 is 43.3 Å². The average molecular weight is 502 g/mol. The number of esters is 1. The number of benzene rings is 2. The molecule has 192 valence electrons. The number of phenolic OH excluding ortho intramolecular Hbond substituents is 3. The molecule has 0 radical (unpaired) electrons. The molecule has 0 aliphatic carbocycles. The van der Waals surface area contributed by atoms with E-state index in [9.17, 15) is 40.2 Å². The molecule has 1 aliphatic rings. The molecule has 5 unspecified atom stereocenters. The van der Waals surface area contributed by atoms with Crippen LogP contribution >= 0.6 is 0 Å². The summed E-state index contributed by atoms with van der Waals surface area (Å²) in [4.78, 5) is 23.1. The number of hydrogen-bond acceptors (Lipinski definition) is 11. The Morgan fingerprint density at radius 2 is 1.50 bits per heavy atom. The van der Waals surface area contributed by atoms with Gasteiger partial charge in [-0.25, -0.2) is 4.79 Å². The fourth-order valence-electron chi connectivity index (χ4n) is 3.25. The van der Waals surface area contributed by atoms with Crippen LogP contribution in [0, 0.1) is 0 Å². The zero-order valence-corrected chi connectivity index (χ0v) is 19.1. The van der Waals surface area contributed by atoms with Gasteiger partial charge in [-0.15, -0.1) is 0 Å². The molecule has 3 rings (SSSR count). The molecule has 0 amide bonds. The van der Waals surface area contributed by atoms with Crippen LogP contribution in [-0.4, -0.2) is 79.7 Å². The van der Waals surface area contributed by atoms with Crippen molar-refractivity contribution in [1.82, 2.24) is 0 Å². The maximum Gasteiger partial charge on any atom is 0.330 e. The molecular formula is C25H26O11. The van der Waals surface area contributed by atoms with Crippen LogP contribution in [0.2, 0.25) is 0 Å². The third-order valence-corrected chi connectivity index (χ3v) is 5.21. The lowest BCUT2D eigenvalue weighted by Gasteiger charge is -2.39. The van der Waals surface area contributed by atoms with Crippen molar-refractivity contribution in [3.05, 3.63) is 59.7 Å². The van der Waals surface area contributed by atoms with Crippen molar-refractivity contribution < 1.29 is 54.4 Å². The fourth-order valence-corrected chi connectivity index (χ4v) is 3.25. The summed E-state index contributed by atoms with van der Waals surface area (Å²) in [5.41, 5.74) is 0.918. The summed E-state index contributed by atoms with van der Waals surface area (Å²) in [6.45, 7) is 0.871. The minimum absolute atomic E-state index is 0.0987. The second-order valence-corrected chi connectivity index (χ2v) is 8.02. The molecule has 11 heteroatoms. The molecule has 0 saturated carbocycles. The highest BCUT2D eigenvalue weighted by Crippen LogP contribution is 2.31. The second kappa shape index (κ2) is 11.7. The van der Waals surface area contributed by atoms with Crippen LogP contribution in [0.1, 0.15) is 18.1 Å². The van der Waals surface area contributed by atoms with E-state index in [1.807, 2.05) is 0 Å². The smallest absolute Gasteiger partial charge is 0.330 e. The molecule has 1 heterocycles. The first-order valence-electron chi connectivity index (χ1n) is 10.8. The summed E-state index contributed by atoms with van der Waals surface area (Å²) in [5.74, 6) is -2.11. The summed E-state index contributed by atoms with van der Waals surface area (Å²) in [5, 5.41) is 59.7. The highest BCUT2D eigenvalue weighted by molar-refractivity contribution is 5.91. The quantitative estimate of drug-likeness (QED) is 0.171. The Bertz CT molecular complexity index is 1160. The number of allylic oxidation sites excluding steroid dienone is 1. The number of carbonyl (C=O) groups excluding carboxylic acids is 2. The Hall–Kier alpha value is -3.90. The van der Waals surface area contributed by atoms with Crippen molar-refractivity contribution in [2.24, 2.45) is 0 Å². The molecule has 11 nitrogen and oxygen atoms in total. The average Bonchev–Trinajstić information content (AvgIpc) is 2.84. The maximum absolute atomic E-state index is 12.0. The third-order valence-electron chi connectivity index (χ3n) is 5.21. The van der Waals surface area contributed by atoms with E-state index in [1.54, 1.807) is 0 Å². The number of aromatic hydroxyl groups is 3. The van der Waals surface area contributed by atoms with Crippen LogP contribution in [0.4, 0.5) is 0 Å². The fraction of sp³-hybridized carbons (Fsp3) is 0.280. The minimum Gasteiger partial charge on any atom is -0.504 e. The Kier molecular flexibility index (Phi) is 8.67. The normalized spacial score (nSPS) is 24.2. The van der Waals surface area contributed by atoms with E-state index in [-0.39, 0.29) is 28.8 Å². The van der Waals surface area contributed by atoms with Gasteiger partial charge in [-0.1, -0.05) is 18.2 Å². The number of hydrogen-bond donors (Lipinski definition) is 6. The first-order valence-corrected chi connectivity index (χ1v) is 10.8. The van der Waals surface area contributed by atoms with Gasteiger partial charge in [0, 0.05) is 6.08 Å². The number of rotatable bonds is 8. The zero-order valence-electron chi connectivity index (χ0n) is 19.1. The maximum atomic E-state index is 12.0. The lowest BCUT2D eigenvalue weighted by atomic mass is 9.99. The molecule has 0 spiro atoms. The van der Waals surface area contributed by atoms with Crippen molar-refractivity contribution in [2.75, 3.05) is 6.61 Å². The first-order chi connectivity index (χ1) is 17.0.